The summed E-state index contributed by atoms with van der Waals surface area (Å²) in [6, 6.07) is 5.71. The Labute approximate surface area is 151 Å². The van der Waals surface area contributed by atoms with Gasteiger partial charge in [0.2, 0.25) is 0 Å². The van der Waals surface area contributed by atoms with E-state index in [1.807, 2.05) is 32.0 Å². The van der Waals surface area contributed by atoms with Crippen molar-refractivity contribution >= 4 is 28.2 Å². The summed E-state index contributed by atoms with van der Waals surface area (Å²) in [5.41, 5.74) is 3.80. The second-order valence-electron chi connectivity index (χ2n) is 6.14. The van der Waals surface area contributed by atoms with Crippen LogP contribution in [0.4, 0.5) is 5.00 Å². The lowest BCUT2D eigenvalue weighted by Gasteiger charge is -2.09. The Morgan fingerprint density at radius 3 is 2.72 bits per heavy atom. The monoisotopic (exact) mass is 359 g/mol. The lowest BCUT2D eigenvalue weighted by Crippen LogP contribution is -2.21. The molecule has 5 nitrogen and oxygen atoms in total. The maximum Gasteiger partial charge on any atom is 0.341 e. The van der Waals surface area contributed by atoms with E-state index in [2.05, 4.69) is 5.32 Å². The van der Waals surface area contributed by atoms with E-state index in [1.54, 1.807) is 0 Å². The van der Waals surface area contributed by atoms with Crippen molar-refractivity contribution in [1.29, 1.82) is 0 Å². The summed E-state index contributed by atoms with van der Waals surface area (Å²) in [4.78, 5) is 25.5. The summed E-state index contributed by atoms with van der Waals surface area (Å²) in [6.07, 6.45) is 2.83. The van der Waals surface area contributed by atoms with Crippen LogP contribution < -0.4 is 10.1 Å². The van der Waals surface area contributed by atoms with Gasteiger partial charge in [0.05, 0.1) is 12.7 Å². The molecule has 132 valence electrons. The molecule has 0 aliphatic heterocycles. The molecule has 0 spiro atoms. The van der Waals surface area contributed by atoms with Crippen molar-refractivity contribution < 1.29 is 19.1 Å². The van der Waals surface area contributed by atoms with Crippen LogP contribution >= 0.6 is 11.3 Å². The zero-order valence-electron chi connectivity index (χ0n) is 14.6. The number of thiophene rings is 1. The van der Waals surface area contributed by atoms with Crippen LogP contribution in [-0.4, -0.2) is 25.6 Å². The standard InChI is InChI=1S/C19H21NO4S/c1-11-7-8-13(9-12(11)2)24-10-16(21)20-18-17(19(22)23-3)14-5-4-6-15(14)25-18/h7-9H,4-6,10H2,1-3H3,(H,20,21). The normalized spacial score (nSPS) is 12.6. The van der Waals surface area contributed by atoms with Crippen LogP contribution in [0.2, 0.25) is 0 Å². The molecule has 0 bridgehead atoms. The molecule has 0 radical (unpaired) electrons. The summed E-state index contributed by atoms with van der Waals surface area (Å²) in [5, 5.41) is 3.37. The molecule has 0 fully saturated rings. The average molecular weight is 359 g/mol. The van der Waals surface area contributed by atoms with Gasteiger partial charge in [-0.2, -0.15) is 0 Å². The molecule has 1 heterocycles. The van der Waals surface area contributed by atoms with E-state index in [-0.39, 0.29) is 12.5 Å². The maximum absolute atomic E-state index is 12.2. The van der Waals surface area contributed by atoms with Gasteiger partial charge in [0, 0.05) is 4.88 Å². The third-order valence-corrected chi connectivity index (χ3v) is 5.62. The number of rotatable bonds is 5. The molecule has 1 amide bonds. The summed E-state index contributed by atoms with van der Waals surface area (Å²) in [6.45, 7) is 3.92. The Balaban J connectivity index is 1.69. The molecule has 0 saturated carbocycles. The fourth-order valence-corrected chi connectivity index (χ4v) is 4.22. The summed E-state index contributed by atoms with van der Waals surface area (Å²) < 4.78 is 10.4. The second kappa shape index (κ2) is 7.27. The minimum atomic E-state index is -0.398. The molecule has 3 rings (SSSR count). The zero-order valence-corrected chi connectivity index (χ0v) is 15.4. The van der Waals surface area contributed by atoms with Crippen LogP contribution in [0, 0.1) is 13.8 Å². The fraction of sp³-hybridized carbons (Fsp3) is 0.368. The van der Waals surface area contributed by atoms with Crippen molar-refractivity contribution in [1.82, 2.24) is 0 Å². The van der Waals surface area contributed by atoms with Crippen molar-refractivity contribution in [3.63, 3.8) is 0 Å². The molecule has 6 heteroatoms. The molecular formula is C19H21NO4S. The van der Waals surface area contributed by atoms with E-state index >= 15 is 0 Å². The van der Waals surface area contributed by atoms with Crippen LogP contribution in [0.3, 0.4) is 0 Å². The lowest BCUT2D eigenvalue weighted by atomic mass is 10.1. The number of fused-ring (bicyclic) bond motifs is 1. The summed E-state index contributed by atoms with van der Waals surface area (Å²) in [5.74, 6) is -0.0341. The van der Waals surface area contributed by atoms with E-state index in [1.165, 1.54) is 24.0 Å². The highest BCUT2D eigenvalue weighted by Gasteiger charge is 2.28. The molecule has 0 saturated heterocycles. The van der Waals surface area contributed by atoms with Crippen LogP contribution in [0.15, 0.2) is 18.2 Å². The van der Waals surface area contributed by atoms with Crippen LogP contribution in [-0.2, 0) is 22.4 Å². The first-order valence-corrected chi connectivity index (χ1v) is 9.04. The minimum Gasteiger partial charge on any atom is -0.484 e. The number of nitrogens with one attached hydrogen (secondary N) is 1. The number of aryl methyl sites for hydroxylation is 3. The van der Waals surface area contributed by atoms with Crippen LogP contribution in [0.25, 0.3) is 0 Å². The zero-order chi connectivity index (χ0) is 18.0. The van der Waals surface area contributed by atoms with Gasteiger partial charge < -0.3 is 14.8 Å². The molecule has 0 atom stereocenters. The first kappa shape index (κ1) is 17.5. The first-order valence-electron chi connectivity index (χ1n) is 8.22. The van der Waals surface area contributed by atoms with E-state index in [4.69, 9.17) is 9.47 Å². The van der Waals surface area contributed by atoms with Crippen molar-refractivity contribution in [3.05, 3.63) is 45.3 Å². The Kier molecular flexibility index (Phi) is 5.08. The van der Waals surface area contributed by atoms with Gasteiger partial charge in [0.1, 0.15) is 10.8 Å². The molecule has 25 heavy (non-hydrogen) atoms. The van der Waals surface area contributed by atoms with E-state index in [0.717, 1.165) is 35.3 Å². The first-order chi connectivity index (χ1) is 12.0. The number of carbonyl (C=O) groups excluding carboxylic acids is 2. The van der Waals surface area contributed by atoms with Gasteiger partial charge >= 0.3 is 5.97 Å². The third kappa shape index (κ3) is 3.69. The molecule has 1 aromatic heterocycles. The van der Waals surface area contributed by atoms with Gasteiger partial charge in [-0.1, -0.05) is 6.07 Å². The Morgan fingerprint density at radius 2 is 2.00 bits per heavy atom. The quantitative estimate of drug-likeness (QED) is 0.828. The summed E-state index contributed by atoms with van der Waals surface area (Å²) >= 11 is 1.46. The van der Waals surface area contributed by atoms with Crippen LogP contribution in [0.5, 0.6) is 5.75 Å². The number of amides is 1. The highest BCUT2D eigenvalue weighted by Crippen LogP contribution is 2.39. The molecule has 1 aromatic carbocycles. The Hall–Kier alpha value is -2.34. The molecule has 0 unspecified atom stereocenters. The number of hydrogen-bond acceptors (Lipinski definition) is 5. The van der Waals surface area contributed by atoms with E-state index in [0.29, 0.717) is 16.3 Å². The predicted octanol–water partition coefficient (Wildman–Crippen LogP) is 3.66. The largest absolute Gasteiger partial charge is 0.484 e. The number of benzene rings is 1. The highest BCUT2D eigenvalue weighted by molar-refractivity contribution is 7.17. The fourth-order valence-electron chi connectivity index (χ4n) is 2.93. The maximum atomic E-state index is 12.2. The van der Waals surface area contributed by atoms with Gasteiger partial charge in [-0.3, -0.25) is 4.79 Å². The average Bonchev–Trinajstić information content (AvgIpc) is 3.16. The van der Waals surface area contributed by atoms with Crippen molar-refractivity contribution in [2.75, 3.05) is 19.0 Å². The van der Waals surface area contributed by atoms with E-state index < -0.39 is 5.97 Å². The number of ether oxygens (including phenoxy) is 2. The van der Waals surface area contributed by atoms with Crippen molar-refractivity contribution in [3.8, 4) is 5.75 Å². The number of hydrogen-bond donors (Lipinski definition) is 1. The SMILES string of the molecule is COC(=O)c1c(NC(=O)COc2ccc(C)c(C)c2)sc2c1CCC2. The molecule has 1 N–H and O–H groups in total. The molecule has 1 aliphatic rings. The smallest absolute Gasteiger partial charge is 0.341 e. The minimum absolute atomic E-state index is 0.105. The molecule has 1 aliphatic carbocycles. The van der Waals surface area contributed by atoms with Gasteiger partial charge in [0.15, 0.2) is 6.61 Å². The van der Waals surface area contributed by atoms with Gasteiger partial charge in [-0.25, -0.2) is 4.79 Å². The summed E-state index contributed by atoms with van der Waals surface area (Å²) in [7, 11) is 1.36. The molecular weight excluding hydrogens is 338 g/mol. The van der Waals surface area contributed by atoms with E-state index in [9.17, 15) is 9.59 Å². The van der Waals surface area contributed by atoms with Crippen molar-refractivity contribution in [2.24, 2.45) is 0 Å². The predicted molar refractivity (Wildman–Crippen MR) is 97.7 cm³/mol. The van der Waals surface area contributed by atoms with Gasteiger partial charge in [0.25, 0.3) is 5.91 Å². The van der Waals surface area contributed by atoms with Crippen molar-refractivity contribution in [2.45, 2.75) is 33.1 Å². The number of carbonyl (C=O) groups is 2. The van der Waals surface area contributed by atoms with Crippen LogP contribution in [0.1, 0.15) is 38.3 Å². The Morgan fingerprint density at radius 1 is 1.20 bits per heavy atom. The van der Waals surface area contributed by atoms with Gasteiger partial charge in [-0.15, -0.1) is 11.3 Å². The highest BCUT2D eigenvalue weighted by atomic mass is 32.1. The Bertz CT molecular complexity index is 825. The number of esters is 1. The lowest BCUT2D eigenvalue weighted by molar-refractivity contribution is -0.118. The number of methoxy groups -OCH3 is 1. The number of anilines is 1. The second-order valence-corrected chi connectivity index (χ2v) is 7.24. The topological polar surface area (TPSA) is 64.6 Å². The molecule has 2 aromatic rings. The van der Waals surface area contributed by atoms with Gasteiger partial charge in [-0.05, 0) is 61.9 Å². The third-order valence-electron chi connectivity index (χ3n) is 4.41.